The van der Waals surface area contributed by atoms with E-state index in [0.717, 1.165) is 24.5 Å². The molecule has 0 aromatic carbocycles. The Balaban J connectivity index is 1.41. The van der Waals surface area contributed by atoms with Gasteiger partial charge >= 0.3 is 0 Å². The molecule has 1 heterocycles. The Kier molecular flexibility index (Phi) is 2.50. The van der Waals surface area contributed by atoms with Crippen LogP contribution in [0.5, 0.6) is 0 Å². The summed E-state index contributed by atoms with van der Waals surface area (Å²) in [6, 6.07) is 0.792. The Morgan fingerprint density at radius 2 is 2.07 bits per heavy atom. The first kappa shape index (κ1) is 9.17. The van der Waals surface area contributed by atoms with Gasteiger partial charge in [0, 0.05) is 18.6 Å². The minimum atomic E-state index is 0.614. The summed E-state index contributed by atoms with van der Waals surface area (Å²) in [6.45, 7) is 2.28. The van der Waals surface area contributed by atoms with Gasteiger partial charge in [-0.3, -0.25) is 0 Å². The Morgan fingerprint density at radius 3 is 2.79 bits per heavy atom. The predicted octanol–water partition coefficient (Wildman–Crippen LogP) is 1.94. The van der Waals surface area contributed by atoms with E-state index in [1.807, 2.05) is 0 Å². The lowest BCUT2D eigenvalue weighted by Gasteiger charge is -2.48. The van der Waals surface area contributed by atoms with Crippen LogP contribution in [-0.4, -0.2) is 25.3 Å². The standard InChI is InChI=1S/C12H21NO/c1-3-9(4-1)8-13-11-7-12-10(11)5-2-6-14-12/h9-13H,1-8H2. The van der Waals surface area contributed by atoms with Crippen LogP contribution in [0.2, 0.25) is 0 Å². The van der Waals surface area contributed by atoms with Crippen LogP contribution >= 0.6 is 0 Å². The second kappa shape index (κ2) is 3.82. The molecule has 0 aromatic heterocycles. The molecule has 0 bridgehead atoms. The number of rotatable bonds is 3. The molecule has 0 radical (unpaired) electrons. The van der Waals surface area contributed by atoms with Crippen LogP contribution in [0, 0.1) is 11.8 Å². The summed E-state index contributed by atoms with van der Waals surface area (Å²) in [5.41, 5.74) is 0. The van der Waals surface area contributed by atoms with Crippen LogP contribution < -0.4 is 5.32 Å². The molecule has 0 aromatic rings. The van der Waals surface area contributed by atoms with Gasteiger partial charge in [0.1, 0.15) is 0 Å². The van der Waals surface area contributed by atoms with Crippen molar-refractivity contribution in [2.45, 2.75) is 50.7 Å². The predicted molar refractivity (Wildman–Crippen MR) is 56.2 cm³/mol. The molecular weight excluding hydrogens is 174 g/mol. The molecule has 1 saturated heterocycles. The van der Waals surface area contributed by atoms with Gasteiger partial charge in [-0.15, -0.1) is 0 Å². The molecule has 3 fully saturated rings. The number of ether oxygens (including phenoxy) is 1. The Bertz CT molecular complexity index is 202. The van der Waals surface area contributed by atoms with Gasteiger partial charge < -0.3 is 10.1 Å². The normalized spacial score (nSPS) is 42.4. The lowest BCUT2D eigenvalue weighted by atomic mass is 9.72. The molecule has 2 heteroatoms. The van der Waals surface area contributed by atoms with Gasteiger partial charge in [-0.1, -0.05) is 6.42 Å². The van der Waals surface area contributed by atoms with Crippen LogP contribution in [-0.2, 0) is 4.74 Å². The summed E-state index contributed by atoms with van der Waals surface area (Å²) in [6.07, 6.45) is 8.95. The van der Waals surface area contributed by atoms with Gasteiger partial charge in [-0.25, -0.2) is 0 Å². The van der Waals surface area contributed by atoms with Crippen LogP contribution in [0.4, 0.5) is 0 Å². The van der Waals surface area contributed by atoms with E-state index in [1.165, 1.54) is 45.1 Å². The van der Waals surface area contributed by atoms with Crippen LogP contribution in [0.15, 0.2) is 0 Å². The molecule has 3 aliphatic rings. The average molecular weight is 195 g/mol. The van der Waals surface area contributed by atoms with Gasteiger partial charge in [0.15, 0.2) is 0 Å². The zero-order chi connectivity index (χ0) is 9.38. The first-order chi connectivity index (χ1) is 6.93. The first-order valence-electron chi connectivity index (χ1n) is 6.28. The largest absolute Gasteiger partial charge is 0.378 e. The molecule has 14 heavy (non-hydrogen) atoms. The Morgan fingerprint density at radius 1 is 1.14 bits per heavy atom. The van der Waals surface area contributed by atoms with Gasteiger partial charge in [-0.05, 0) is 44.6 Å². The zero-order valence-electron chi connectivity index (χ0n) is 8.87. The van der Waals surface area contributed by atoms with Crippen molar-refractivity contribution in [1.82, 2.24) is 5.32 Å². The average Bonchev–Trinajstić information content (AvgIpc) is 2.10. The molecule has 0 spiro atoms. The lowest BCUT2D eigenvalue weighted by Crippen LogP contribution is -2.57. The fourth-order valence-electron chi connectivity index (χ4n) is 3.05. The summed E-state index contributed by atoms with van der Waals surface area (Å²) in [5, 5.41) is 3.74. The fourth-order valence-corrected chi connectivity index (χ4v) is 3.05. The van der Waals surface area contributed by atoms with Crippen molar-refractivity contribution in [2.75, 3.05) is 13.2 Å². The van der Waals surface area contributed by atoms with E-state index in [0.29, 0.717) is 6.10 Å². The van der Waals surface area contributed by atoms with E-state index in [9.17, 15) is 0 Å². The van der Waals surface area contributed by atoms with Crippen LogP contribution in [0.3, 0.4) is 0 Å². The van der Waals surface area contributed by atoms with Crippen molar-refractivity contribution in [3.63, 3.8) is 0 Å². The van der Waals surface area contributed by atoms with Crippen molar-refractivity contribution in [2.24, 2.45) is 11.8 Å². The maximum absolute atomic E-state index is 5.71. The summed E-state index contributed by atoms with van der Waals surface area (Å²) < 4.78 is 5.71. The topological polar surface area (TPSA) is 21.3 Å². The van der Waals surface area contributed by atoms with Gasteiger partial charge in [-0.2, -0.15) is 0 Å². The first-order valence-corrected chi connectivity index (χ1v) is 6.28. The van der Waals surface area contributed by atoms with E-state index in [4.69, 9.17) is 4.74 Å². The lowest BCUT2D eigenvalue weighted by molar-refractivity contribution is -0.104. The van der Waals surface area contributed by atoms with Crippen molar-refractivity contribution in [1.29, 1.82) is 0 Å². The second-order valence-corrected chi connectivity index (χ2v) is 5.26. The van der Waals surface area contributed by atoms with Crippen molar-refractivity contribution in [3.05, 3.63) is 0 Å². The molecule has 80 valence electrons. The molecule has 1 aliphatic heterocycles. The highest BCUT2D eigenvalue weighted by molar-refractivity contribution is 4.97. The number of hydrogen-bond donors (Lipinski definition) is 1. The van der Waals surface area contributed by atoms with Gasteiger partial charge in [0.2, 0.25) is 0 Å². The number of nitrogens with one attached hydrogen (secondary N) is 1. The highest BCUT2D eigenvalue weighted by atomic mass is 16.5. The quantitative estimate of drug-likeness (QED) is 0.743. The Hall–Kier alpha value is -0.0800. The minimum Gasteiger partial charge on any atom is -0.378 e. The molecule has 2 nitrogen and oxygen atoms in total. The summed E-state index contributed by atoms with van der Waals surface area (Å²) in [5.74, 6) is 1.85. The van der Waals surface area contributed by atoms with Gasteiger partial charge in [0.05, 0.1) is 6.10 Å². The molecule has 3 rings (SSSR count). The molecular formula is C12H21NO. The van der Waals surface area contributed by atoms with E-state index < -0.39 is 0 Å². The monoisotopic (exact) mass is 195 g/mol. The second-order valence-electron chi connectivity index (χ2n) is 5.26. The van der Waals surface area contributed by atoms with Crippen LogP contribution in [0.25, 0.3) is 0 Å². The SMILES string of the molecule is C1CC(CNC2CC3OCCCC23)C1. The highest BCUT2D eigenvalue weighted by Crippen LogP contribution is 2.38. The summed E-state index contributed by atoms with van der Waals surface area (Å²) >= 11 is 0. The van der Waals surface area contributed by atoms with Crippen LogP contribution in [0.1, 0.15) is 38.5 Å². The molecule has 3 unspecified atom stereocenters. The zero-order valence-corrected chi connectivity index (χ0v) is 8.87. The van der Waals surface area contributed by atoms with Crippen molar-refractivity contribution < 1.29 is 4.74 Å². The molecule has 0 amide bonds. The highest BCUT2D eigenvalue weighted by Gasteiger charge is 2.43. The molecule has 2 saturated carbocycles. The smallest absolute Gasteiger partial charge is 0.0633 e. The third-order valence-electron chi connectivity index (χ3n) is 4.39. The van der Waals surface area contributed by atoms with E-state index in [2.05, 4.69) is 5.32 Å². The summed E-state index contributed by atoms with van der Waals surface area (Å²) in [4.78, 5) is 0. The Labute approximate surface area is 86.4 Å². The van der Waals surface area contributed by atoms with E-state index >= 15 is 0 Å². The van der Waals surface area contributed by atoms with Gasteiger partial charge in [0.25, 0.3) is 0 Å². The maximum atomic E-state index is 5.71. The fraction of sp³-hybridized carbons (Fsp3) is 1.00. The maximum Gasteiger partial charge on any atom is 0.0633 e. The molecule has 1 N–H and O–H groups in total. The summed E-state index contributed by atoms with van der Waals surface area (Å²) in [7, 11) is 0. The number of hydrogen-bond acceptors (Lipinski definition) is 2. The van der Waals surface area contributed by atoms with Crippen molar-refractivity contribution >= 4 is 0 Å². The number of fused-ring (bicyclic) bond motifs is 1. The van der Waals surface area contributed by atoms with Crippen molar-refractivity contribution in [3.8, 4) is 0 Å². The molecule has 3 atom stereocenters. The minimum absolute atomic E-state index is 0.614. The third kappa shape index (κ3) is 1.59. The van der Waals surface area contributed by atoms with E-state index in [1.54, 1.807) is 0 Å². The van der Waals surface area contributed by atoms with E-state index in [-0.39, 0.29) is 0 Å². The molecule has 2 aliphatic carbocycles. The third-order valence-corrected chi connectivity index (χ3v) is 4.39.